The molecule has 0 unspecified atom stereocenters. The molecule has 3 aromatic rings. The van der Waals surface area contributed by atoms with Crippen molar-refractivity contribution in [3.05, 3.63) is 81.0 Å². The molecule has 0 bridgehead atoms. The van der Waals surface area contributed by atoms with Crippen LogP contribution in [0.3, 0.4) is 0 Å². The van der Waals surface area contributed by atoms with Gasteiger partial charge < -0.3 is 14.9 Å². The molecule has 31 heavy (non-hydrogen) atoms. The number of ketones is 1. The van der Waals surface area contributed by atoms with Gasteiger partial charge in [0.2, 0.25) is 0 Å². The Bertz CT molecular complexity index is 1260. The molecule has 2 heterocycles. The fraction of sp³-hybridized carbons (Fsp3) is 0.304. The predicted octanol–water partition coefficient (Wildman–Crippen LogP) is 3.09. The standard InChI is InChI=1S/C23H23FN4O3/c1-13-25-6-7-28(13)19-5-4-14(8-17(19)24)12-26-21(30)16-9-15-18(27-22(16)31)10-23(2,3)11-20(15)29/h4-9H,10-12H2,1-3H3,(H,26,30)(H,27,31). The van der Waals surface area contributed by atoms with Crippen molar-refractivity contribution >= 4 is 11.7 Å². The van der Waals surface area contributed by atoms with Crippen LogP contribution >= 0.6 is 0 Å². The smallest absolute Gasteiger partial charge is 0.261 e. The zero-order valence-electron chi connectivity index (χ0n) is 17.6. The third-order valence-corrected chi connectivity index (χ3v) is 5.51. The van der Waals surface area contributed by atoms with Crippen LogP contribution in [0.1, 0.15) is 58.1 Å². The summed E-state index contributed by atoms with van der Waals surface area (Å²) in [6.07, 6.45) is 4.17. The summed E-state index contributed by atoms with van der Waals surface area (Å²) in [6, 6.07) is 6.00. The lowest BCUT2D eigenvalue weighted by Gasteiger charge is -2.29. The van der Waals surface area contributed by atoms with Gasteiger partial charge in [-0.1, -0.05) is 19.9 Å². The fourth-order valence-electron chi connectivity index (χ4n) is 3.96. The summed E-state index contributed by atoms with van der Waals surface area (Å²) < 4.78 is 16.2. The van der Waals surface area contributed by atoms with Gasteiger partial charge in [0, 0.05) is 36.6 Å². The minimum absolute atomic E-state index is 0.0381. The number of imidazole rings is 1. The van der Waals surface area contributed by atoms with Crippen LogP contribution in [-0.4, -0.2) is 26.2 Å². The molecule has 0 saturated carbocycles. The normalized spacial score (nSPS) is 14.9. The maximum absolute atomic E-state index is 14.5. The van der Waals surface area contributed by atoms with Gasteiger partial charge in [-0.15, -0.1) is 0 Å². The number of nitrogens with zero attached hydrogens (tertiary/aromatic N) is 2. The van der Waals surface area contributed by atoms with E-state index in [9.17, 15) is 18.8 Å². The first kappa shape index (κ1) is 20.7. The van der Waals surface area contributed by atoms with Gasteiger partial charge in [0.05, 0.1) is 5.69 Å². The van der Waals surface area contributed by atoms with Crippen LogP contribution in [0.25, 0.3) is 5.69 Å². The Balaban J connectivity index is 1.52. The van der Waals surface area contributed by atoms with Crippen molar-refractivity contribution in [3.63, 3.8) is 0 Å². The average molecular weight is 422 g/mol. The first-order valence-corrected chi connectivity index (χ1v) is 10.0. The third-order valence-electron chi connectivity index (χ3n) is 5.51. The molecule has 1 amide bonds. The van der Waals surface area contributed by atoms with Crippen molar-refractivity contribution in [3.8, 4) is 5.69 Å². The Morgan fingerprint density at radius 1 is 1.26 bits per heavy atom. The van der Waals surface area contributed by atoms with Crippen LogP contribution in [-0.2, 0) is 13.0 Å². The molecule has 1 aliphatic rings. The quantitative estimate of drug-likeness (QED) is 0.675. The number of aromatic nitrogens is 3. The molecule has 8 heteroatoms. The first-order chi connectivity index (χ1) is 14.6. The number of H-pyrrole nitrogens is 1. The van der Waals surface area contributed by atoms with Gasteiger partial charge in [0.1, 0.15) is 17.2 Å². The molecule has 0 aliphatic heterocycles. The molecule has 4 rings (SSSR count). The molecule has 0 atom stereocenters. The lowest BCUT2D eigenvalue weighted by Crippen LogP contribution is -2.34. The highest BCUT2D eigenvalue weighted by Gasteiger charge is 2.32. The zero-order valence-corrected chi connectivity index (χ0v) is 17.6. The number of benzene rings is 1. The van der Waals surface area contributed by atoms with Crippen molar-refractivity contribution in [2.45, 2.75) is 40.2 Å². The summed E-state index contributed by atoms with van der Waals surface area (Å²) >= 11 is 0. The number of hydrogen-bond acceptors (Lipinski definition) is 4. The predicted molar refractivity (Wildman–Crippen MR) is 113 cm³/mol. The molecule has 0 radical (unpaired) electrons. The summed E-state index contributed by atoms with van der Waals surface area (Å²) in [7, 11) is 0. The Kier molecular flexibility index (Phi) is 5.08. The van der Waals surface area contributed by atoms with Crippen LogP contribution in [0.5, 0.6) is 0 Å². The number of pyridine rings is 1. The second kappa shape index (κ2) is 7.61. The summed E-state index contributed by atoms with van der Waals surface area (Å²) in [5.41, 5.74) is 0.946. The van der Waals surface area contributed by atoms with E-state index in [1.807, 2.05) is 13.8 Å². The second-order valence-electron chi connectivity index (χ2n) is 8.66. The number of Topliss-reactive ketones (excluding diaryl/α,β-unsaturated/α-hetero) is 1. The summed E-state index contributed by atoms with van der Waals surface area (Å²) in [4.78, 5) is 44.3. The van der Waals surface area contributed by atoms with E-state index < -0.39 is 17.3 Å². The molecule has 0 spiro atoms. The molecule has 2 aromatic heterocycles. The van der Waals surface area contributed by atoms with E-state index in [1.165, 1.54) is 12.1 Å². The Morgan fingerprint density at radius 2 is 2.03 bits per heavy atom. The van der Waals surface area contributed by atoms with Crippen LogP contribution in [0.2, 0.25) is 0 Å². The topological polar surface area (TPSA) is 96.8 Å². The molecular formula is C23H23FN4O3. The van der Waals surface area contributed by atoms with Gasteiger partial charge in [-0.3, -0.25) is 14.4 Å². The van der Waals surface area contributed by atoms with Gasteiger partial charge in [-0.05, 0) is 42.5 Å². The van der Waals surface area contributed by atoms with E-state index in [1.54, 1.807) is 36.0 Å². The number of hydrogen-bond donors (Lipinski definition) is 2. The van der Waals surface area contributed by atoms with Gasteiger partial charge in [0.25, 0.3) is 11.5 Å². The summed E-state index contributed by atoms with van der Waals surface area (Å²) in [5, 5.41) is 2.63. The maximum atomic E-state index is 14.5. The Labute approximate surface area is 178 Å². The highest BCUT2D eigenvalue weighted by Crippen LogP contribution is 2.33. The molecule has 0 saturated heterocycles. The molecule has 160 valence electrons. The van der Waals surface area contributed by atoms with Crippen molar-refractivity contribution < 1.29 is 14.0 Å². The number of rotatable bonds is 4. The average Bonchev–Trinajstić information content (AvgIpc) is 3.10. The van der Waals surface area contributed by atoms with Crippen molar-refractivity contribution in [1.29, 1.82) is 0 Å². The van der Waals surface area contributed by atoms with E-state index >= 15 is 0 Å². The number of carbonyl (C=O) groups is 2. The number of amides is 1. The SMILES string of the molecule is Cc1nccn1-c1ccc(CNC(=O)c2cc3c([nH]c2=O)CC(C)(C)CC3=O)cc1F. The largest absolute Gasteiger partial charge is 0.348 e. The third kappa shape index (κ3) is 4.05. The van der Waals surface area contributed by atoms with E-state index in [4.69, 9.17) is 0 Å². The van der Waals surface area contributed by atoms with Gasteiger partial charge >= 0.3 is 0 Å². The van der Waals surface area contributed by atoms with Crippen molar-refractivity contribution in [2.75, 3.05) is 0 Å². The van der Waals surface area contributed by atoms with Crippen LogP contribution < -0.4 is 10.9 Å². The summed E-state index contributed by atoms with van der Waals surface area (Å²) in [6.45, 7) is 5.74. The fourth-order valence-corrected chi connectivity index (χ4v) is 3.96. The lowest BCUT2D eigenvalue weighted by molar-refractivity contribution is 0.0910. The molecule has 1 aliphatic carbocycles. The monoisotopic (exact) mass is 422 g/mol. The highest BCUT2D eigenvalue weighted by molar-refractivity contribution is 6.02. The Hall–Kier alpha value is -3.55. The highest BCUT2D eigenvalue weighted by atomic mass is 19.1. The van der Waals surface area contributed by atoms with E-state index in [2.05, 4.69) is 15.3 Å². The van der Waals surface area contributed by atoms with Crippen LogP contribution in [0.15, 0.2) is 41.5 Å². The first-order valence-electron chi connectivity index (χ1n) is 10.0. The molecule has 2 N–H and O–H groups in total. The molecule has 7 nitrogen and oxygen atoms in total. The number of aryl methyl sites for hydroxylation is 1. The maximum Gasteiger partial charge on any atom is 0.261 e. The van der Waals surface area contributed by atoms with E-state index in [0.717, 1.165) is 0 Å². The Morgan fingerprint density at radius 3 is 2.71 bits per heavy atom. The number of carbonyl (C=O) groups excluding carboxylic acids is 2. The van der Waals surface area contributed by atoms with Gasteiger partial charge in [-0.2, -0.15) is 0 Å². The number of aromatic amines is 1. The molecule has 0 fully saturated rings. The van der Waals surface area contributed by atoms with Crippen molar-refractivity contribution in [1.82, 2.24) is 19.9 Å². The van der Waals surface area contributed by atoms with Crippen molar-refractivity contribution in [2.24, 2.45) is 5.41 Å². The van der Waals surface area contributed by atoms with Crippen LogP contribution in [0, 0.1) is 18.2 Å². The zero-order chi connectivity index (χ0) is 22.3. The molecule has 1 aromatic carbocycles. The van der Waals surface area contributed by atoms with Gasteiger partial charge in [0.15, 0.2) is 5.78 Å². The number of nitrogens with one attached hydrogen (secondary N) is 2. The number of halogens is 1. The second-order valence-corrected chi connectivity index (χ2v) is 8.66. The minimum atomic E-state index is -0.614. The number of fused-ring (bicyclic) bond motifs is 1. The summed E-state index contributed by atoms with van der Waals surface area (Å²) in [5.74, 6) is -0.502. The van der Waals surface area contributed by atoms with Gasteiger partial charge in [-0.25, -0.2) is 9.37 Å². The van der Waals surface area contributed by atoms with E-state index in [-0.39, 0.29) is 23.3 Å². The van der Waals surface area contributed by atoms with Crippen LogP contribution in [0.4, 0.5) is 4.39 Å². The molecular weight excluding hydrogens is 399 g/mol. The van der Waals surface area contributed by atoms with E-state index in [0.29, 0.717) is 41.2 Å². The minimum Gasteiger partial charge on any atom is -0.348 e. The lowest BCUT2D eigenvalue weighted by atomic mass is 9.75.